The molecule has 0 spiro atoms. The molecule has 6 nitrogen and oxygen atoms in total. The number of piperidine rings is 1. The second-order valence-corrected chi connectivity index (χ2v) is 8.77. The van der Waals surface area contributed by atoms with Gasteiger partial charge in [-0.15, -0.1) is 0 Å². The summed E-state index contributed by atoms with van der Waals surface area (Å²) in [6, 6.07) is 7.78. The first-order valence-electron chi connectivity index (χ1n) is 10.5. The monoisotopic (exact) mass is 419 g/mol. The number of carbonyl (C=O) groups excluding carboxylic acids is 3. The zero-order valence-corrected chi connectivity index (χ0v) is 18.0. The Labute approximate surface area is 177 Å². The third kappa shape index (κ3) is 5.72. The number of likely N-dealkylation sites (tertiary alicyclic amines) is 2. The van der Waals surface area contributed by atoms with E-state index in [1.807, 2.05) is 43.0 Å². The van der Waals surface area contributed by atoms with E-state index >= 15 is 0 Å². The minimum Gasteiger partial charge on any atom is -0.353 e. The lowest BCUT2D eigenvalue weighted by atomic mass is 10.0. The Morgan fingerprint density at radius 2 is 1.83 bits per heavy atom. The van der Waals surface area contributed by atoms with Crippen LogP contribution in [0, 0.1) is 5.92 Å². The van der Waals surface area contributed by atoms with Crippen LogP contribution < -0.4 is 5.32 Å². The molecule has 0 aromatic heterocycles. The number of halogens is 1. The lowest BCUT2D eigenvalue weighted by Crippen LogP contribution is -2.48. The molecule has 2 fully saturated rings. The molecular weight excluding hydrogens is 390 g/mol. The van der Waals surface area contributed by atoms with Gasteiger partial charge in [-0.1, -0.05) is 23.7 Å². The molecule has 29 heavy (non-hydrogen) atoms. The van der Waals surface area contributed by atoms with Gasteiger partial charge in [-0.2, -0.15) is 0 Å². The SMILES string of the molecule is CC(C)N1CC(C(=O)N2CCC(NC(=O)CCc3ccc(Cl)cc3)CC2)CC1=O. The minimum absolute atomic E-state index is 0.0405. The van der Waals surface area contributed by atoms with Crippen molar-refractivity contribution in [2.75, 3.05) is 19.6 Å². The van der Waals surface area contributed by atoms with Gasteiger partial charge >= 0.3 is 0 Å². The highest BCUT2D eigenvalue weighted by molar-refractivity contribution is 6.30. The molecule has 2 saturated heterocycles. The summed E-state index contributed by atoms with van der Waals surface area (Å²) in [5, 5.41) is 3.79. The van der Waals surface area contributed by atoms with E-state index < -0.39 is 0 Å². The van der Waals surface area contributed by atoms with Crippen molar-refractivity contribution < 1.29 is 14.4 Å². The molecule has 3 rings (SSSR count). The maximum atomic E-state index is 12.8. The topological polar surface area (TPSA) is 69.7 Å². The van der Waals surface area contributed by atoms with Crippen molar-refractivity contribution in [3.63, 3.8) is 0 Å². The van der Waals surface area contributed by atoms with E-state index in [0.717, 1.165) is 18.4 Å². The fourth-order valence-electron chi connectivity index (χ4n) is 4.11. The molecule has 3 amide bonds. The van der Waals surface area contributed by atoms with Crippen molar-refractivity contribution in [3.8, 4) is 0 Å². The van der Waals surface area contributed by atoms with Gasteiger partial charge in [-0.25, -0.2) is 0 Å². The lowest BCUT2D eigenvalue weighted by molar-refractivity contribution is -0.137. The summed E-state index contributed by atoms with van der Waals surface area (Å²) in [6.45, 7) is 5.75. The molecule has 0 saturated carbocycles. The number of nitrogens with one attached hydrogen (secondary N) is 1. The van der Waals surface area contributed by atoms with Crippen molar-refractivity contribution >= 4 is 29.3 Å². The van der Waals surface area contributed by atoms with Crippen LogP contribution in [0.3, 0.4) is 0 Å². The van der Waals surface area contributed by atoms with Crippen molar-refractivity contribution in [1.82, 2.24) is 15.1 Å². The highest BCUT2D eigenvalue weighted by Crippen LogP contribution is 2.24. The van der Waals surface area contributed by atoms with E-state index in [4.69, 9.17) is 11.6 Å². The maximum Gasteiger partial charge on any atom is 0.227 e. The molecule has 0 aliphatic carbocycles. The van der Waals surface area contributed by atoms with Gasteiger partial charge in [0, 0.05) is 49.6 Å². The summed E-state index contributed by atoms with van der Waals surface area (Å²) in [7, 11) is 0. The van der Waals surface area contributed by atoms with Gasteiger partial charge in [0.1, 0.15) is 0 Å². The smallest absolute Gasteiger partial charge is 0.227 e. The number of carbonyl (C=O) groups is 3. The Bertz CT molecular complexity index is 742. The second kappa shape index (κ2) is 9.61. The van der Waals surface area contributed by atoms with Gasteiger partial charge < -0.3 is 15.1 Å². The lowest BCUT2D eigenvalue weighted by Gasteiger charge is -2.34. The number of hydrogen-bond donors (Lipinski definition) is 1. The van der Waals surface area contributed by atoms with E-state index in [-0.39, 0.29) is 35.7 Å². The Kier molecular flexibility index (Phi) is 7.17. The summed E-state index contributed by atoms with van der Waals surface area (Å²) in [6.07, 6.45) is 2.96. The molecule has 1 N–H and O–H groups in total. The molecule has 1 aromatic carbocycles. The Morgan fingerprint density at radius 1 is 1.17 bits per heavy atom. The van der Waals surface area contributed by atoms with Gasteiger partial charge in [0.25, 0.3) is 0 Å². The molecular formula is C22H30ClN3O3. The molecule has 7 heteroatoms. The fraction of sp³-hybridized carbons (Fsp3) is 0.591. The Balaban J connectivity index is 1.40. The van der Waals surface area contributed by atoms with Crippen LogP contribution >= 0.6 is 11.6 Å². The molecule has 1 aromatic rings. The molecule has 1 atom stereocenters. The summed E-state index contributed by atoms with van der Waals surface area (Å²) >= 11 is 5.88. The van der Waals surface area contributed by atoms with Crippen LogP contribution in [0.2, 0.25) is 5.02 Å². The van der Waals surface area contributed by atoms with Crippen LogP contribution in [0.15, 0.2) is 24.3 Å². The molecule has 0 radical (unpaired) electrons. The normalized spacial score (nSPS) is 20.4. The number of nitrogens with zero attached hydrogens (tertiary/aromatic N) is 2. The van der Waals surface area contributed by atoms with E-state index in [1.165, 1.54) is 0 Å². The number of hydrogen-bond acceptors (Lipinski definition) is 3. The summed E-state index contributed by atoms with van der Waals surface area (Å²) in [4.78, 5) is 40.7. The van der Waals surface area contributed by atoms with Crippen molar-refractivity contribution in [2.24, 2.45) is 5.92 Å². The van der Waals surface area contributed by atoms with Gasteiger partial charge in [0.15, 0.2) is 0 Å². The predicted molar refractivity (Wildman–Crippen MR) is 112 cm³/mol. The van der Waals surface area contributed by atoms with E-state index in [1.54, 1.807) is 4.90 Å². The van der Waals surface area contributed by atoms with Crippen LogP contribution in [0.25, 0.3) is 0 Å². The third-order valence-corrected chi connectivity index (χ3v) is 6.11. The van der Waals surface area contributed by atoms with E-state index in [0.29, 0.717) is 43.9 Å². The first-order chi connectivity index (χ1) is 13.8. The van der Waals surface area contributed by atoms with Gasteiger partial charge in [-0.3, -0.25) is 14.4 Å². The highest BCUT2D eigenvalue weighted by Gasteiger charge is 2.38. The summed E-state index contributed by atoms with van der Waals surface area (Å²) in [5.41, 5.74) is 1.09. The Morgan fingerprint density at radius 3 is 2.41 bits per heavy atom. The van der Waals surface area contributed by atoms with Crippen LogP contribution in [0.5, 0.6) is 0 Å². The van der Waals surface area contributed by atoms with Gasteiger partial charge in [0.05, 0.1) is 5.92 Å². The van der Waals surface area contributed by atoms with Gasteiger partial charge in [0.2, 0.25) is 17.7 Å². The number of aryl methyl sites for hydroxylation is 1. The number of amides is 3. The van der Waals surface area contributed by atoms with E-state index in [9.17, 15) is 14.4 Å². The van der Waals surface area contributed by atoms with Crippen molar-refractivity contribution in [1.29, 1.82) is 0 Å². The first kappa shape index (κ1) is 21.6. The average Bonchev–Trinajstić information content (AvgIpc) is 3.09. The molecule has 2 aliphatic heterocycles. The molecule has 158 valence electrons. The van der Waals surface area contributed by atoms with Crippen LogP contribution in [-0.4, -0.2) is 59.2 Å². The number of benzene rings is 1. The van der Waals surface area contributed by atoms with Crippen molar-refractivity contribution in [2.45, 2.75) is 58.0 Å². The molecule has 2 aliphatic rings. The predicted octanol–water partition coefficient (Wildman–Crippen LogP) is 2.64. The second-order valence-electron chi connectivity index (χ2n) is 8.33. The highest BCUT2D eigenvalue weighted by atomic mass is 35.5. The molecule has 2 heterocycles. The quantitative estimate of drug-likeness (QED) is 0.770. The summed E-state index contributed by atoms with van der Waals surface area (Å²) < 4.78 is 0. The molecule has 1 unspecified atom stereocenters. The first-order valence-corrected chi connectivity index (χ1v) is 10.8. The standard InChI is InChI=1S/C22H30ClN3O3/c1-15(2)26-14-17(13-21(26)28)22(29)25-11-9-19(10-12-25)24-20(27)8-5-16-3-6-18(23)7-4-16/h3-4,6-7,15,17,19H,5,8-14H2,1-2H3,(H,24,27). The fourth-order valence-corrected chi connectivity index (χ4v) is 4.23. The largest absolute Gasteiger partial charge is 0.353 e. The zero-order valence-electron chi connectivity index (χ0n) is 17.2. The molecule has 0 bridgehead atoms. The van der Waals surface area contributed by atoms with Gasteiger partial charge in [-0.05, 0) is 50.8 Å². The van der Waals surface area contributed by atoms with Crippen LogP contribution in [-0.2, 0) is 20.8 Å². The maximum absolute atomic E-state index is 12.8. The minimum atomic E-state index is -0.226. The average molecular weight is 420 g/mol. The zero-order chi connectivity index (χ0) is 21.0. The van der Waals surface area contributed by atoms with Crippen LogP contribution in [0.1, 0.15) is 45.1 Å². The number of rotatable bonds is 6. The van der Waals surface area contributed by atoms with Crippen LogP contribution in [0.4, 0.5) is 0 Å². The van der Waals surface area contributed by atoms with Crippen molar-refractivity contribution in [3.05, 3.63) is 34.9 Å². The Hall–Kier alpha value is -2.08. The summed E-state index contributed by atoms with van der Waals surface area (Å²) in [5.74, 6) is -0.0377. The third-order valence-electron chi connectivity index (χ3n) is 5.86. The van der Waals surface area contributed by atoms with E-state index in [2.05, 4.69) is 5.32 Å².